The molecule has 0 unspecified atom stereocenters. The van der Waals surface area contributed by atoms with Crippen molar-refractivity contribution in [3.05, 3.63) is 35.4 Å². The van der Waals surface area contributed by atoms with Crippen LogP contribution in [0.1, 0.15) is 30.9 Å². The van der Waals surface area contributed by atoms with E-state index in [9.17, 15) is 4.79 Å². The van der Waals surface area contributed by atoms with E-state index >= 15 is 0 Å². The van der Waals surface area contributed by atoms with Gasteiger partial charge in [0, 0.05) is 39.6 Å². The standard InChI is InChI=1S/C16H24N2O/c1-13-4-6-15(7-5-13)12-18-10-8-16(9-11-18)17(3)14(2)19/h4-7,16H,8-12H2,1-3H3. The van der Waals surface area contributed by atoms with Crippen molar-refractivity contribution in [2.75, 3.05) is 20.1 Å². The Morgan fingerprint density at radius 1 is 1.26 bits per heavy atom. The third-order valence-corrected chi connectivity index (χ3v) is 4.13. The minimum Gasteiger partial charge on any atom is -0.343 e. The van der Waals surface area contributed by atoms with E-state index in [1.54, 1.807) is 6.92 Å². The molecule has 1 saturated heterocycles. The van der Waals surface area contributed by atoms with Crippen molar-refractivity contribution in [1.29, 1.82) is 0 Å². The third kappa shape index (κ3) is 3.80. The Kier molecular flexibility index (Phi) is 4.59. The van der Waals surface area contributed by atoms with Crippen molar-refractivity contribution in [3.63, 3.8) is 0 Å². The highest BCUT2D eigenvalue weighted by Crippen LogP contribution is 2.17. The first-order chi connectivity index (χ1) is 9.06. The number of piperidine rings is 1. The van der Waals surface area contributed by atoms with Gasteiger partial charge in [0.05, 0.1) is 0 Å². The van der Waals surface area contributed by atoms with Crippen LogP contribution in [0.4, 0.5) is 0 Å². The summed E-state index contributed by atoms with van der Waals surface area (Å²) < 4.78 is 0. The molecule has 104 valence electrons. The molecule has 2 rings (SSSR count). The van der Waals surface area contributed by atoms with E-state index in [0.717, 1.165) is 32.5 Å². The van der Waals surface area contributed by atoms with Crippen molar-refractivity contribution in [1.82, 2.24) is 9.80 Å². The minimum absolute atomic E-state index is 0.178. The van der Waals surface area contributed by atoms with Crippen LogP contribution in [0.15, 0.2) is 24.3 Å². The predicted octanol–water partition coefficient (Wildman–Crippen LogP) is 2.44. The van der Waals surface area contributed by atoms with Crippen molar-refractivity contribution in [2.24, 2.45) is 0 Å². The molecule has 3 heteroatoms. The molecular weight excluding hydrogens is 236 g/mol. The fourth-order valence-corrected chi connectivity index (χ4v) is 2.67. The van der Waals surface area contributed by atoms with Gasteiger partial charge in [-0.2, -0.15) is 0 Å². The smallest absolute Gasteiger partial charge is 0.219 e. The fraction of sp³-hybridized carbons (Fsp3) is 0.562. The molecule has 1 aromatic rings. The first-order valence-electron chi connectivity index (χ1n) is 7.07. The maximum Gasteiger partial charge on any atom is 0.219 e. The zero-order valence-electron chi connectivity index (χ0n) is 12.2. The van der Waals surface area contributed by atoms with E-state index in [-0.39, 0.29) is 5.91 Å². The van der Waals surface area contributed by atoms with Crippen LogP contribution in [0.2, 0.25) is 0 Å². The Balaban J connectivity index is 1.83. The lowest BCUT2D eigenvalue weighted by molar-refractivity contribution is -0.130. The maximum atomic E-state index is 11.4. The normalized spacial score (nSPS) is 17.4. The van der Waals surface area contributed by atoms with Crippen LogP contribution in [0, 0.1) is 6.92 Å². The Morgan fingerprint density at radius 2 is 1.84 bits per heavy atom. The van der Waals surface area contributed by atoms with E-state index in [0.29, 0.717) is 6.04 Å². The summed E-state index contributed by atoms with van der Waals surface area (Å²) >= 11 is 0. The molecule has 1 aliphatic heterocycles. The van der Waals surface area contributed by atoms with Gasteiger partial charge in [0.1, 0.15) is 0 Å². The molecule has 0 aliphatic carbocycles. The Morgan fingerprint density at radius 3 is 2.37 bits per heavy atom. The molecule has 1 aromatic carbocycles. The molecule has 0 N–H and O–H groups in total. The maximum absolute atomic E-state index is 11.4. The summed E-state index contributed by atoms with van der Waals surface area (Å²) in [5.41, 5.74) is 2.69. The molecule has 1 amide bonds. The van der Waals surface area contributed by atoms with Gasteiger partial charge in [-0.25, -0.2) is 0 Å². The average molecular weight is 260 g/mol. The van der Waals surface area contributed by atoms with E-state index in [1.807, 2.05) is 11.9 Å². The molecule has 1 aliphatic rings. The van der Waals surface area contributed by atoms with Crippen molar-refractivity contribution in [2.45, 2.75) is 39.3 Å². The first kappa shape index (κ1) is 14.1. The van der Waals surface area contributed by atoms with Crippen LogP contribution in [-0.2, 0) is 11.3 Å². The summed E-state index contributed by atoms with van der Waals surface area (Å²) in [6, 6.07) is 9.19. The molecule has 0 radical (unpaired) electrons. The van der Waals surface area contributed by atoms with Crippen LogP contribution in [0.3, 0.4) is 0 Å². The SMILES string of the molecule is CC(=O)N(C)C1CCN(Cc2ccc(C)cc2)CC1. The van der Waals surface area contributed by atoms with E-state index in [2.05, 4.69) is 36.1 Å². The topological polar surface area (TPSA) is 23.6 Å². The van der Waals surface area contributed by atoms with Gasteiger partial charge in [-0.3, -0.25) is 9.69 Å². The number of carbonyl (C=O) groups is 1. The molecule has 0 atom stereocenters. The number of rotatable bonds is 3. The highest BCUT2D eigenvalue weighted by molar-refractivity contribution is 5.73. The number of carbonyl (C=O) groups excluding carboxylic acids is 1. The molecule has 0 spiro atoms. The Labute approximate surface area is 116 Å². The largest absolute Gasteiger partial charge is 0.343 e. The lowest BCUT2D eigenvalue weighted by atomic mass is 10.0. The van der Waals surface area contributed by atoms with Crippen molar-refractivity contribution in [3.8, 4) is 0 Å². The summed E-state index contributed by atoms with van der Waals surface area (Å²) in [4.78, 5) is 15.7. The van der Waals surface area contributed by atoms with Crippen molar-refractivity contribution < 1.29 is 4.79 Å². The summed E-state index contributed by atoms with van der Waals surface area (Å²) in [6.07, 6.45) is 2.17. The third-order valence-electron chi connectivity index (χ3n) is 4.13. The summed E-state index contributed by atoms with van der Waals surface area (Å²) in [5.74, 6) is 0.178. The van der Waals surface area contributed by atoms with Crippen LogP contribution >= 0.6 is 0 Å². The zero-order chi connectivity index (χ0) is 13.8. The zero-order valence-corrected chi connectivity index (χ0v) is 12.2. The van der Waals surface area contributed by atoms with Gasteiger partial charge in [-0.15, -0.1) is 0 Å². The van der Waals surface area contributed by atoms with Crippen molar-refractivity contribution >= 4 is 5.91 Å². The van der Waals surface area contributed by atoms with Gasteiger partial charge in [-0.05, 0) is 25.3 Å². The van der Waals surface area contributed by atoms with Gasteiger partial charge in [0.2, 0.25) is 5.91 Å². The second kappa shape index (κ2) is 6.20. The summed E-state index contributed by atoms with van der Waals surface area (Å²) in [5, 5.41) is 0. The van der Waals surface area contributed by atoms with Gasteiger partial charge >= 0.3 is 0 Å². The lowest BCUT2D eigenvalue weighted by Gasteiger charge is -2.36. The van der Waals surface area contributed by atoms with Crippen LogP contribution in [0.5, 0.6) is 0 Å². The number of aryl methyl sites for hydroxylation is 1. The molecular formula is C16H24N2O. The molecule has 3 nitrogen and oxygen atoms in total. The van der Waals surface area contributed by atoms with E-state index in [1.165, 1.54) is 11.1 Å². The lowest BCUT2D eigenvalue weighted by Crippen LogP contribution is -2.44. The fourth-order valence-electron chi connectivity index (χ4n) is 2.67. The van der Waals surface area contributed by atoms with Crippen LogP contribution in [0.25, 0.3) is 0 Å². The molecule has 1 heterocycles. The number of hydrogen-bond acceptors (Lipinski definition) is 2. The number of hydrogen-bond donors (Lipinski definition) is 0. The predicted molar refractivity (Wildman–Crippen MR) is 77.9 cm³/mol. The Hall–Kier alpha value is -1.35. The minimum atomic E-state index is 0.178. The second-order valence-corrected chi connectivity index (χ2v) is 5.62. The monoisotopic (exact) mass is 260 g/mol. The number of benzene rings is 1. The number of likely N-dealkylation sites (tertiary alicyclic amines) is 1. The summed E-state index contributed by atoms with van der Waals surface area (Å²) in [7, 11) is 1.92. The second-order valence-electron chi connectivity index (χ2n) is 5.62. The molecule has 0 aromatic heterocycles. The van der Waals surface area contributed by atoms with Gasteiger partial charge in [-0.1, -0.05) is 29.8 Å². The Bertz CT molecular complexity index is 419. The number of amides is 1. The van der Waals surface area contributed by atoms with Gasteiger partial charge < -0.3 is 4.90 Å². The first-order valence-corrected chi connectivity index (χ1v) is 7.07. The molecule has 1 fully saturated rings. The molecule has 0 bridgehead atoms. The van der Waals surface area contributed by atoms with Crippen LogP contribution in [-0.4, -0.2) is 41.9 Å². The van der Waals surface area contributed by atoms with Gasteiger partial charge in [0.25, 0.3) is 0 Å². The van der Waals surface area contributed by atoms with Gasteiger partial charge in [0.15, 0.2) is 0 Å². The highest BCUT2D eigenvalue weighted by Gasteiger charge is 2.23. The van der Waals surface area contributed by atoms with E-state index < -0.39 is 0 Å². The summed E-state index contributed by atoms with van der Waals surface area (Å²) in [6.45, 7) is 6.95. The number of nitrogens with zero attached hydrogens (tertiary/aromatic N) is 2. The molecule has 0 saturated carbocycles. The highest BCUT2D eigenvalue weighted by atomic mass is 16.2. The molecule has 19 heavy (non-hydrogen) atoms. The van der Waals surface area contributed by atoms with Crippen LogP contribution < -0.4 is 0 Å². The average Bonchev–Trinajstić information content (AvgIpc) is 2.41. The quantitative estimate of drug-likeness (QED) is 0.833. The van der Waals surface area contributed by atoms with E-state index in [4.69, 9.17) is 0 Å².